The van der Waals surface area contributed by atoms with Gasteiger partial charge in [-0.3, -0.25) is 19.7 Å². The number of nitrogens with zero attached hydrogens (tertiary/aromatic N) is 3. The van der Waals surface area contributed by atoms with Crippen molar-refractivity contribution in [2.24, 2.45) is 0 Å². The van der Waals surface area contributed by atoms with Gasteiger partial charge in [-0.1, -0.05) is 30.3 Å². The number of hydrogen-bond acceptors (Lipinski definition) is 5. The summed E-state index contributed by atoms with van der Waals surface area (Å²) in [5.74, 6) is -0.154. The number of hydrogen-bond donors (Lipinski definition) is 3. The molecule has 0 bridgehead atoms. The van der Waals surface area contributed by atoms with Gasteiger partial charge < -0.3 is 5.32 Å². The van der Waals surface area contributed by atoms with E-state index in [1.54, 1.807) is 12.1 Å². The minimum atomic E-state index is -0.345. The lowest BCUT2D eigenvalue weighted by Crippen LogP contribution is -2.11. The lowest BCUT2D eigenvalue weighted by molar-refractivity contribution is -0.114. The van der Waals surface area contributed by atoms with Gasteiger partial charge in [-0.05, 0) is 49.0 Å². The van der Waals surface area contributed by atoms with Crippen LogP contribution in [0.15, 0.2) is 59.4 Å². The molecule has 0 radical (unpaired) electrons. The van der Waals surface area contributed by atoms with Crippen LogP contribution in [-0.2, 0) is 4.79 Å². The number of carbonyl (C=O) groups is 1. The van der Waals surface area contributed by atoms with Crippen molar-refractivity contribution in [3.8, 4) is 16.8 Å². The first-order valence-electron chi connectivity index (χ1n) is 9.91. The predicted molar refractivity (Wildman–Crippen MR) is 127 cm³/mol. The maximum absolute atomic E-state index is 13.0. The standard InChI is InChI=1S/C23H18N6O2S/c1-12-17-18(14-8-10-15(11-9-14)24-13(2)30)19-20(26-23(32)27-22(19)31)25-21(17)29(28-12)16-6-4-3-5-7-16/h3-11,28H,1-2H3,(H,24,30)(H,27,31,32). The highest BCUT2D eigenvalue weighted by Gasteiger charge is 2.21. The molecule has 5 aromatic rings. The molecule has 3 aromatic heterocycles. The second kappa shape index (κ2) is 7.54. The third-order valence-electron chi connectivity index (χ3n) is 5.19. The molecular weight excluding hydrogens is 424 g/mol. The third kappa shape index (κ3) is 3.28. The molecule has 0 aliphatic carbocycles. The van der Waals surface area contributed by atoms with Crippen molar-refractivity contribution < 1.29 is 4.79 Å². The van der Waals surface area contributed by atoms with Gasteiger partial charge in [0.05, 0.1) is 11.1 Å². The van der Waals surface area contributed by atoms with Crippen molar-refractivity contribution in [3.63, 3.8) is 0 Å². The van der Waals surface area contributed by atoms with Gasteiger partial charge in [-0.25, -0.2) is 9.67 Å². The number of H-pyrrole nitrogens is 2. The molecule has 158 valence electrons. The fourth-order valence-electron chi connectivity index (χ4n) is 3.91. The minimum Gasteiger partial charge on any atom is -0.326 e. The molecule has 9 heteroatoms. The van der Waals surface area contributed by atoms with Gasteiger partial charge in [0.15, 0.2) is 11.3 Å². The molecule has 0 aliphatic heterocycles. The minimum absolute atomic E-state index is 0.0832. The summed E-state index contributed by atoms with van der Waals surface area (Å²) >= 11 is 5.14. The van der Waals surface area contributed by atoms with E-state index in [0.29, 0.717) is 22.3 Å². The second-order valence-corrected chi connectivity index (χ2v) is 7.81. The Bertz CT molecular complexity index is 1620. The zero-order valence-corrected chi connectivity index (χ0v) is 18.1. The largest absolute Gasteiger partial charge is 0.326 e. The molecule has 32 heavy (non-hydrogen) atoms. The molecule has 0 aliphatic rings. The zero-order chi connectivity index (χ0) is 22.4. The van der Waals surface area contributed by atoms with E-state index in [4.69, 9.17) is 17.2 Å². The van der Waals surface area contributed by atoms with E-state index in [9.17, 15) is 9.59 Å². The molecule has 8 nitrogen and oxygen atoms in total. The number of nitrogens with one attached hydrogen (secondary N) is 3. The SMILES string of the molecule is CC(=O)Nc1ccc(-c2c3c(C)[nH]n(-c4ccccc4)c3nc3nc(=S)[nH]c(=O)c23)cc1. The monoisotopic (exact) mass is 442 g/mol. The number of aromatic nitrogens is 5. The van der Waals surface area contributed by atoms with Crippen LogP contribution >= 0.6 is 12.2 Å². The summed E-state index contributed by atoms with van der Waals surface area (Å²) in [7, 11) is 0. The first kappa shape index (κ1) is 19.8. The van der Waals surface area contributed by atoms with Gasteiger partial charge in [-0.2, -0.15) is 4.98 Å². The summed E-state index contributed by atoms with van der Waals surface area (Å²) in [6.07, 6.45) is 0. The lowest BCUT2D eigenvalue weighted by Gasteiger charge is -2.10. The van der Waals surface area contributed by atoms with Crippen molar-refractivity contribution in [2.75, 3.05) is 5.32 Å². The predicted octanol–water partition coefficient (Wildman–Crippen LogP) is 4.25. The van der Waals surface area contributed by atoms with E-state index >= 15 is 0 Å². The van der Waals surface area contributed by atoms with Crippen LogP contribution in [-0.4, -0.2) is 30.6 Å². The van der Waals surface area contributed by atoms with Gasteiger partial charge >= 0.3 is 0 Å². The highest BCUT2D eigenvalue weighted by atomic mass is 32.1. The molecule has 3 N–H and O–H groups in total. The number of fused-ring (bicyclic) bond motifs is 2. The topological polar surface area (TPSA) is 108 Å². The van der Waals surface area contributed by atoms with Crippen LogP contribution in [0.1, 0.15) is 12.6 Å². The van der Waals surface area contributed by atoms with Crippen molar-refractivity contribution in [2.45, 2.75) is 13.8 Å². The van der Waals surface area contributed by atoms with Crippen molar-refractivity contribution in [1.82, 2.24) is 24.7 Å². The fourth-order valence-corrected chi connectivity index (χ4v) is 4.09. The van der Waals surface area contributed by atoms with Crippen LogP contribution in [0.25, 0.3) is 38.9 Å². The maximum Gasteiger partial charge on any atom is 0.261 e. The summed E-state index contributed by atoms with van der Waals surface area (Å²) in [6.45, 7) is 3.39. The molecule has 1 amide bonds. The van der Waals surface area contributed by atoms with E-state index in [-0.39, 0.29) is 21.9 Å². The van der Waals surface area contributed by atoms with E-state index in [2.05, 4.69) is 20.4 Å². The number of benzene rings is 2. The molecular formula is C23H18N6O2S. The fraction of sp³-hybridized carbons (Fsp3) is 0.0870. The van der Waals surface area contributed by atoms with Crippen molar-refractivity contribution >= 4 is 45.9 Å². The Labute approximate surface area is 187 Å². The lowest BCUT2D eigenvalue weighted by atomic mass is 9.98. The van der Waals surface area contributed by atoms with Gasteiger partial charge in [0, 0.05) is 29.3 Å². The van der Waals surface area contributed by atoms with Gasteiger partial charge in [0.2, 0.25) is 10.7 Å². The number of pyridine rings is 1. The summed E-state index contributed by atoms with van der Waals surface area (Å²) in [6, 6.07) is 17.1. The van der Waals surface area contributed by atoms with Crippen molar-refractivity contribution in [1.29, 1.82) is 0 Å². The van der Waals surface area contributed by atoms with E-state index in [1.165, 1.54) is 6.92 Å². The number of para-hydroxylation sites is 1. The first-order chi connectivity index (χ1) is 15.4. The summed E-state index contributed by atoms with van der Waals surface area (Å²) in [5.41, 5.74) is 4.47. The third-order valence-corrected chi connectivity index (χ3v) is 5.38. The Morgan fingerprint density at radius 3 is 2.44 bits per heavy atom. The summed E-state index contributed by atoms with van der Waals surface area (Å²) in [4.78, 5) is 36.0. The molecule has 0 fully saturated rings. The molecule has 0 atom stereocenters. The number of aryl methyl sites for hydroxylation is 1. The second-order valence-electron chi connectivity index (χ2n) is 7.42. The van der Waals surface area contributed by atoms with Crippen LogP contribution in [0.2, 0.25) is 0 Å². The number of aromatic amines is 2. The average Bonchev–Trinajstić information content (AvgIpc) is 3.09. The van der Waals surface area contributed by atoms with Crippen molar-refractivity contribution in [3.05, 3.63) is 75.4 Å². The van der Waals surface area contributed by atoms with Crippen LogP contribution in [0.5, 0.6) is 0 Å². The smallest absolute Gasteiger partial charge is 0.261 e. The average molecular weight is 443 g/mol. The van der Waals surface area contributed by atoms with Crippen LogP contribution in [0, 0.1) is 11.7 Å². The van der Waals surface area contributed by atoms with E-state index < -0.39 is 0 Å². The molecule has 0 spiro atoms. The van der Waals surface area contributed by atoms with Crippen LogP contribution in [0.4, 0.5) is 5.69 Å². The number of rotatable bonds is 3. The molecule has 0 saturated heterocycles. The van der Waals surface area contributed by atoms with Gasteiger partial charge in [-0.15, -0.1) is 0 Å². The number of carbonyl (C=O) groups excluding carboxylic acids is 1. The van der Waals surface area contributed by atoms with Crippen LogP contribution in [0.3, 0.4) is 0 Å². The zero-order valence-electron chi connectivity index (χ0n) is 17.3. The Morgan fingerprint density at radius 2 is 1.75 bits per heavy atom. The number of amides is 1. The molecule has 0 unspecified atom stereocenters. The Kier molecular flexibility index (Phi) is 4.67. The van der Waals surface area contributed by atoms with Gasteiger partial charge in [0.25, 0.3) is 5.56 Å². The molecule has 0 saturated carbocycles. The molecule has 5 rings (SSSR count). The Balaban J connectivity index is 1.89. The van der Waals surface area contributed by atoms with Gasteiger partial charge in [0.1, 0.15) is 0 Å². The summed E-state index contributed by atoms with van der Waals surface area (Å²) in [5, 5.41) is 7.28. The number of anilines is 1. The highest BCUT2D eigenvalue weighted by molar-refractivity contribution is 7.71. The van der Waals surface area contributed by atoms with Crippen LogP contribution < -0.4 is 10.9 Å². The molecule has 3 heterocycles. The van der Waals surface area contributed by atoms with E-state index in [1.807, 2.05) is 54.1 Å². The maximum atomic E-state index is 13.0. The first-order valence-corrected chi connectivity index (χ1v) is 10.3. The molecule has 2 aromatic carbocycles. The normalized spacial score (nSPS) is 11.2. The quantitative estimate of drug-likeness (QED) is 0.362. The highest BCUT2D eigenvalue weighted by Crippen LogP contribution is 2.35. The Hall–Kier alpha value is -4.11. The Morgan fingerprint density at radius 1 is 1.03 bits per heavy atom. The summed E-state index contributed by atoms with van der Waals surface area (Å²) < 4.78 is 1.95. The van der Waals surface area contributed by atoms with E-state index in [0.717, 1.165) is 22.3 Å².